The van der Waals surface area contributed by atoms with Crippen molar-refractivity contribution in [2.75, 3.05) is 18.4 Å². The lowest BCUT2D eigenvalue weighted by Gasteiger charge is -2.11. The van der Waals surface area contributed by atoms with Crippen molar-refractivity contribution in [3.63, 3.8) is 0 Å². The van der Waals surface area contributed by atoms with Gasteiger partial charge in [-0.25, -0.2) is 4.39 Å². The van der Waals surface area contributed by atoms with Crippen LogP contribution in [0.3, 0.4) is 0 Å². The van der Waals surface area contributed by atoms with Crippen molar-refractivity contribution in [3.8, 4) is 5.75 Å². The number of anilines is 1. The number of halogens is 1. The number of rotatable bonds is 8. The molecule has 0 fully saturated rings. The van der Waals surface area contributed by atoms with Crippen LogP contribution in [0.1, 0.15) is 19.4 Å². The Morgan fingerprint density at radius 1 is 1.00 bits per heavy atom. The molecule has 0 radical (unpaired) electrons. The molecule has 0 amide bonds. The highest BCUT2D eigenvalue weighted by Gasteiger charge is 2.00. The van der Waals surface area contributed by atoms with E-state index in [1.807, 2.05) is 32.0 Å². The summed E-state index contributed by atoms with van der Waals surface area (Å²) in [5, 5.41) is 6.40. The van der Waals surface area contributed by atoms with Gasteiger partial charge in [-0.1, -0.05) is 24.3 Å². The maximum Gasteiger partial charge on any atom is 0.146 e. The van der Waals surface area contributed by atoms with Gasteiger partial charge in [0.25, 0.3) is 0 Å². The van der Waals surface area contributed by atoms with Crippen LogP contribution in [0.2, 0.25) is 0 Å². The highest BCUT2D eigenvalue weighted by molar-refractivity contribution is 5.44. The second-order valence-corrected chi connectivity index (χ2v) is 5.39. The van der Waals surface area contributed by atoms with Gasteiger partial charge < -0.3 is 15.4 Å². The zero-order valence-corrected chi connectivity index (χ0v) is 13.1. The Kier molecular flexibility index (Phi) is 6.22. The lowest BCUT2D eigenvalue weighted by atomic mass is 10.2. The van der Waals surface area contributed by atoms with E-state index in [9.17, 15) is 4.39 Å². The number of nitrogens with one attached hydrogen (secondary N) is 2. The van der Waals surface area contributed by atoms with Crippen molar-refractivity contribution in [1.29, 1.82) is 0 Å². The van der Waals surface area contributed by atoms with Crippen molar-refractivity contribution in [2.45, 2.75) is 26.5 Å². The quantitative estimate of drug-likeness (QED) is 0.727. The summed E-state index contributed by atoms with van der Waals surface area (Å²) in [6, 6.07) is 14.8. The number of benzene rings is 2. The molecule has 0 heterocycles. The molecular formula is C18H23FN2O. The molecule has 0 aliphatic heterocycles. The summed E-state index contributed by atoms with van der Waals surface area (Å²) < 4.78 is 19.0. The Morgan fingerprint density at radius 3 is 2.41 bits per heavy atom. The van der Waals surface area contributed by atoms with Gasteiger partial charge in [0, 0.05) is 19.6 Å². The third-order valence-electron chi connectivity index (χ3n) is 3.12. The van der Waals surface area contributed by atoms with E-state index < -0.39 is 0 Å². The predicted molar refractivity (Wildman–Crippen MR) is 88.8 cm³/mol. The molecule has 2 aromatic rings. The number of hydrogen-bond acceptors (Lipinski definition) is 3. The number of hydrogen-bond donors (Lipinski definition) is 2. The fourth-order valence-corrected chi connectivity index (χ4v) is 2.08. The van der Waals surface area contributed by atoms with Crippen LogP contribution in [0.4, 0.5) is 10.1 Å². The largest absolute Gasteiger partial charge is 0.491 e. The Hall–Kier alpha value is -2.07. The molecule has 0 spiro atoms. The van der Waals surface area contributed by atoms with Gasteiger partial charge in [-0.2, -0.15) is 0 Å². The molecule has 2 rings (SSSR count). The van der Waals surface area contributed by atoms with Crippen LogP contribution in [-0.2, 0) is 6.54 Å². The van der Waals surface area contributed by atoms with E-state index in [1.54, 1.807) is 12.1 Å². The lowest BCUT2D eigenvalue weighted by Crippen LogP contribution is -2.22. The predicted octanol–water partition coefficient (Wildman–Crippen LogP) is 3.81. The second-order valence-electron chi connectivity index (χ2n) is 5.39. The highest BCUT2D eigenvalue weighted by atomic mass is 19.1. The van der Waals surface area contributed by atoms with Crippen molar-refractivity contribution in [3.05, 3.63) is 59.9 Å². The molecule has 3 nitrogen and oxygen atoms in total. The summed E-state index contributed by atoms with van der Waals surface area (Å²) in [6.45, 7) is 6.24. The normalized spacial score (nSPS) is 10.7. The smallest absolute Gasteiger partial charge is 0.146 e. The van der Waals surface area contributed by atoms with E-state index >= 15 is 0 Å². The zero-order valence-electron chi connectivity index (χ0n) is 13.1. The van der Waals surface area contributed by atoms with E-state index in [-0.39, 0.29) is 11.9 Å². The summed E-state index contributed by atoms with van der Waals surface area (Å²) in [4.78, 5) is 0. The van der Waals surface area contributed by atoms with Crippen molar-refractivity contribution >= 4 is 5.69 Å². The summed E-state index contributed by atoms with van der Waals surface area (Å²) in [6.07, 6.45) is 0.188. The number of ether oxygens (including phenoxy) is 1. The fourth-order valence-electron chi connectivity index (χ4n) is 2.08. The molecule has 0 aromatic heterocycles. The van der Waals surface area contributed by atoms with E-state index in [0.717, 1.165) is 18.8 Å². The molecule has 0 aliphatic rings. The van der Waals surface area contributed by atoms with Crippen LogP contribution in [0.15, 0.2) is 48.5 Å². The van der Waals surface area contributed by atoms with Crippen LogP contribution in [0.25, 0.3) is 0 Å². The topological polar surface area (TPSA) is 33.3 Å². The van der Waals surface area contributed by atoms with Crippen molar-refractivity contribution in [2.24, 2.45) is 0 Å². The number of para-hydroxylation sites is 1. The molecule has 0 saturated heterocycles. The molecule has 0 unspecified atom stereocenters. The average Bonchev–Trinajstić information content (AvgIpc) is 2.50. The first-order chi connectivity index (χ1) is 10.6. The van der Waals surface area contributed by atoms with E-state index in [4.69, 9.17) is 4.74 Å². The molecule has 118 valence electrons. The van der Waals surface area contributed by atoms with Gasteiger partial charge in [0.15, 0.2) is 0 Å². The van der Waals surface area contributed by atoms with Gasteiger partial charge >= 0.3 is 0 Å². The monoisotopic (exact) mass is 302 g/mol. The third kappa shape index (κ3) is 5.37. The van der Waals surface area contributed by atoms with Gasteiger partial charge in [-0.15, -0.1) is 0 Å². The molecule has 0 atom stereocenters. The molecule has 2 aromatic carbocycles. The molecule has 22 heavy (non-hydrogen) atoms. The van der Waals surface area contributed by atoms with Gasteiger partial charge in [0.05, 0.1) is 11.8 Å². The van der Waals surface area contributed by atoms with Crippen molar-refractivity contribution in [1.82, 2.24) is 5.32 Å². The van der Waals surface area contributed by atoms with Crippen LogP contribution in [-0.4, -0.2) is 19.2 Å². The second kappa shape index (κ2) is 8.39. The maximum absolute atomic E-state index is 13.4. The maximum atomic E-state index is 13.4. The van der Waals surface area contributed by atoms with Gasteiger partial charge in [0.2, 0.25) is 0 Å². The van der Waals surface area contributed by atoms with Crippen molar-refractivity contribution < 1.29 is 9.13 Å². The SMILES string of the molecule is CC(C)Oc1ccc(CNCCNc2ccccc2F)cc1. The average molecular weight is 302 g/mol. The van der Waals surface area contributed by atoms with Gasteiger partial charge in [-0.05, 0) is 43.7 Å². The first kappa shape index (κ1) is 16.3. The lowest BCUT2D eigenvalue weighted by molar-refractivity contribution is 0.242. The molecule has 0 saturated carbocycles. The van der Waals surface area contributed by atoms with Gasteiger partial charge in [0.1, 0.15) is 11.6 Å². The zero-order chi connectivity index (χ0) is 15.8. The van der Waals surface area contributed by atoms with Crippen LogP contribution < -0.4 is 15.4 Å². The standard InChI is InChI=1S/C18H23FN2O/c1-14(2)22-16-9-7-15(8-10-16)13-20-11-12-21-18-6-4-3-5-17(18)19/h3-10,14,20-21H,11-13H2,1-2H3. The molecule has 4 heteroatoms. The Morgan fingerprint density at radius 2 is 1.73 bits per heavy atom. The summed E-state index contributed by atoms with van der Waals surface area (Å²) in [5.41, 5.74) is 1.74. The van der Waals surface area contributed by atoms with Crippen LogP contribution >= 0.6 is 0 Å². The third-order valence-corrected chi connectivity index (χ3v) is 3.12. The molecule has 0 bridgehead atoms. The van der Waals surface area contributed by atoms with E-state index in [1.165, 1.54) is 11.6 Å². The minimum atomic E-state index is -0.219. The summed E-state index contributed by atoms with van der Waals surface area (Å²) in [5.74, 6) is 0.670. The fraction of sp³-hybridized carbons (Fsp3) is 0.333. The molecule has 2 N–H and O–H groups in total. The Bertz CT molecular complexity index is 570. The molecular weight excluding hydrogens is 279 g/mol. The Balaban J connectivity index is 1.67. The van der Waals surface area contributed by atoms with Crippen LogP contribution in [0, 0.1) is 5.82 Å². The van der Waals surface area contributed by atoms with E-state index in [2.05, 4.69) is 22.8 Å². The Labute approximate surface area is 131 Å². The minimum absolute atomic E-state index is 0.188. The van der Waals surface area contributed by atoms with Crippen LogP contribution in [0.5, 0.6) is 5.75 Å². The molecule has 0 aliphatic carbocycles. The first-order valence-corrected chi connectivity index (χ1v) is 7.60. The minimum Gasteiger partial charge on any atom is -0.491 e. The van der Waals surface area contributed by atoms with E-state index in [0.29, 0.717) is 12.2 Å². The first-order valence-electron chi connectivity index (χ1n) is 7.60. The summed E-state index contributed by atoms with van der Waals surface area (Å²) >= 11 is 0. The van der Waals surface area contributed by atoms with Gasteiger partial charge in [-0.3, -0.25) is 0 Å². The summed E-state index contributed by atoms with van der Waals surface area (Å²) in [7, 11) is 0. The highest BCUT2D eigenvalue weighted by Crippen LogP contribution is 2.14.